The molecule has 0 aromatic carbocycles. The molecule has 2 aromatic rings. The summed E-state index contributed by atoms with van der Waals surface area (Å²) in [6.07, 6.45) is -1.14. The normalized spacial score (nSPS) is 11.2. The van der Waals surface area contributed by atoms with Crippen molar-refractivity contribution in [1.29, 1.82) is 0 Å². The van der Waals surface area contributed by atoms with Crippen molar-refractivity contribution in [3.05, 3.63) is 53.6 Å². The van der Waals surface area contributed by atoms with Gasteiger partial charge in [-0.05, 0) is 18.2 Å². The first-order valence-electron chi connectivity index (χ1n) is 5.49. The summed E-state index contributed by atoms with van der Waals surface area (Å²) in [5.41, 5.74) is -0.803. The topological polar surface area (TPSA) is 52.1 Å². The molecule has 0 spiro atoms. The second-order valence-corrected chi connectivity index (χ2v) is 3.87. The van der Waals surface area contributed by atoms with Crippen LogP contribution in [0.4, 0.5) is 13.2 Å². The molecule has 2 heterocycles. The van der Waals surface area contributed by atoms with Crippen molar-refractivity contribution >= 4 is 5.78 Å². The highest BCUT2D eigenvalue weighted by molar-refractivity contribution is 6.07. The van der Waals surface area contributed by atoms with Gasteiger partial charge in [0.15, 0.2) is 0 Å². The molecule has 0 N–H and O–H groups in total. The lowest BCUT2D eigenvalue weighted by molar-refractivity contribution is -0.137. The summed E-state index contributed by atoms with van der Waals surface area (Å²) in [6, 6.07) is 3.28. The molecule has 0 aliphatic rings. The van der Waals surface area contributed by atoms with Gasteiger partial charge in [0, 0.05) is 18.0 Å². The van der Waals surface area contributed by atoms with E-state index in [4.69, 9.17) is 4.74 Å². The summed E-state index contributed by atoms with van der Waals surface area (Å²) in [7, 11) is 1.42. The number of nitrogens with zero attached hydrogens (tertiary/aromatic N) is 2. The van der Waals surface area contributed by atoms with Crippen LogP contribution in [0.25, 0.3) is 0 Å². The van der Waals surface area contributed by atoms with Crippen LogP contribution in [0.5, 0.6) is 5.75 Å². The van der Waals surface area contributed by atoms with Gasteiger partial charge in [-0.3, -0.25) is 14.8 Å². The summed E-state index contributed by atoms with van der Waals surface area (Å²) >= 11 is 0. The van der Waals surface area contributed by atoms with Crippen LogP contribution < -0.4 is 4.74 Å². The second kappa shape index (κ2) is 5.28. The predicted molar refractivity (Wildman–Crippen MR) is 63.5 cm³/mol. The molecule has 0 saturated carbocycles. The van der Waals surface area contributed by atoms with Crippen molar-refractivity contribution in [2.45, 2.75) is 6.18 Å². The van der Waals surface area contributed by atoms with E-state index in [2.05, 4.69) is 9.97 Å². The van der Waals surface area contributed by atoms with Crippen LogP contribution in [0.2, 0.25) is 0 Å². The van der Waals surface area contributed by atoms with Gasteiger partial charge >= 0.3 is 6.18 Å². The van der Waals surface area contributed by atoms with E-state index in [0.717, 1.165) is 12.1 Å². The number of carbonyl (C=O) groups excluding carboxylic acids is 1. The molecule has 0 unspecified atom stereocenters. The van der Waals surface area contributed by atoms with Crippen LogP contribution in [0.15, 0.2) is 36.8 Å². The van der Waals surface area contributed by atoms with Gasteiger partial charge in [-0.2, -0.15) is 13.2 Å². The van der Waals surface area contributed by atoms with Gasteiger partial charge in [0.1, 0.15) is 11.4 Å². The molecule has 0 saturated heterocycles. The number of alkyl halides is 3. The van der Waals surface area contributed by atoms with Crippen LogP contribution in [0, 0.1) is 0 Å². The zero-order valence-electron chi connectivity index (χ0n) is 10.3. The Morgan fingerprint density at radius 1 is 1.20 bits per heavy atom. The summed E-state index contributed by atoms with van der Waals surface area (Å²) in [6.45, 7) is 0. The second-order valence-electron chi connectivity index (χ2n) is 3.87. The summed E-state index contributed by atoms with van der Waals surface area (Å²) in [5.74, 6) is -0.145. The number of pyridine rings is 2. The molecular formula is C13H9F3N2O2. The van der Waals surface area contributed by atoms with Crippen molar-refractivity contribution in [1.82, 2.24) is 9.97 Å². The van der Waals surface area contributed by atoms with E-state index in [0.29, 0.717) is 11.9 Å². The third kappa shape index (κ3) is 2.93. The van der Waals surface area contributed by atoms with Crippen molar-refractivity contribution in [3.8, 4) is 5.75 Å². The third-order valence-corrected chi connectivity index (χ3v) is 2.53. The number of methoxy groups -OCH3 is 1. The van der Waals surface area contributed by atoms with Crippen LogP contribution >= 0.6 is 0 Å². The van der Waals surface area contributed by atoms with E-state index in [1.807, 2.05) is 0 Å². The van der Waals surface area contributed by atoms with Gasteiger partial charge in [0.25, 0.3) is 0 Å². The number of halogens is 3. The van der Waals surface area contributed by atoms with Crippen molar-refractivity contribution < 1.29 is 22.7 Å². The Labute approximate surface area is 112 Å². The minimum atomic E-state index is -4.48. The fourth-order valence-electron chi connectivity index (χ4n) is 1.50. The smallest absolute Gasteiger partial charge is 0.417 e. The molecule has 0 amide bonds. The molecular weight excluding hydrogens is 273 g/mol. The third-order valence-electron chi connectivity index (χ3n) is 2.53. The van der Waals surface area contributed by atoms with E-state index in [1.165, 1.54) is 25.6 Å². The lowest BCUT2D eigenvalue weighted by Gasteiger charge is -2.06. The number of hydrogen-bond acceptors (Lipinski definition) is 4. The maximum absolute atomic E-state index is 12.4. The molecule has 0 fully saturated rings. The summed E-state index contributed by atoms with van der Waals surface area (Å²) in [4.78, 5) is 19.4. The number of ketones is 1. The highest BCUT2D eigenvalue weighted by Gasteiger charge is 2.31. The first-order chi connectivity index (χ1) is 9.41. The van der Waals surface area contributed by atoms with E-state index in [1.54, 1.807) is 0 Å². The van der Waals surface area contributed by atoms with Gasteiger partial charge < -0.3 is 4.74 Å². The molecule has 0 atom stereocenters. The van der Waals surface area contributed by atoms with Gasteiger partial charge in [0.05, 0.1) is 18.9 Å². The Balaban J connectivity index is 2.29. The van der Waals surface area contributed by atoms with Crippen LogP contribution in [0.1, 0.15) is 21.6 Å². The number of rotatable bonds is 3. The molecule has 20 heavy (non-hydrogen) atoms. The first-order valence-corrected chi connectivity index (χ1v) is 5.49. The predicted octanol–water partition coefficient (Wildman–Crippen LogP) is 2.74. The Morgan fingerprint density at radius 3 is 2.50 bits per heavy atom. The number of aromatic nitrogens is 2. The van der Waals surface area contributed by atoms with E-state index in [9.17, 15) is 18.0 Å². The summed E-state index contributed by atoms with van der Waals surface area (Å²) < 4.78 is 42.1. The Morgan fingerprint density at radius 2 is 1.95 bits per heavy atom. The highest BCUT2D eigenvalue weighted by atomic mass is 19.4. The maximum atomic E-state index is 12.4. The van der Waals surface area contributed by atoms with Crippen LogP contribution in [-0.2, 0) is 6.18 Å². The SMILES string of the molecule is COc1cncc(C(=O)c2ccc(C(F)(F)F)cn2)c1. The van der Waals surface area contributed by atoms with Gasteiger partial charge in [-0.15, -0.1) is 0 Å². The molecule has 0 aliphatic carbocycles. The lowest BCUT2D eigenvalue weighted by atomic mass is 10.1. The molecule has 104 valence electrons. The maximum Gasteiger partial charge on any atom is 0.417 e. The monoisotopic (exact) mass is 282 g/mol. The van der Waals surface area contributed by atoms with E-state index >= 15 is 0 Å². The van der Waals surface area contributed by atoms with E-state index in [-0.39, 0.29) is 11.3 Å². The first kappa shape index (κ1) is 14.0. The molecule has 0 bridgehead atoms. The molecule has 0 radical (unpaired) electrons. The van der Waals surface area contributed by atoms with Crippen LogP contribution in [0.3, 0.4) is 0 Å². The minimum Gasteiger partial charge on any atom is -0.495 e. The van der Waals surface area contributed by atoms with E-state index < -0.39 is 17.5 Å². The van der Waals surface area contributed by atoms with Gasteiger partial charge in [0.2, 0.25) is 5.78 Å². The molecule has 7 heteroatoms. The zero-order chi connectivity index (χ0) is 14.8. The zero-order valence-corrected chi connectivity index (χ0v) is 10.3. The quantitative estimate of drug-likeness (QED) is 0.812. The van der Waals surface area contributed by atoms with Crippen LogP contribution in [-0.4, -0.2) is 22.9 Å². The fraction of sp³-hybridized carbons (Fsp3) is 0.154. The molecule has 4 nitrogen and oxygen atoms in total. The highest BCUT2D eigenvalue weighted by Crippen LogP contribution is 2.28. The average Bonchev–Trinajstić information content (AvgIpc) is 2.46. The number of ether oxygens (including phenoxy) is 1. The molecule has 2 aromatic heterocycles. The van der Waals surface area contributed by atoms with Gasteiger partial charge in [-0.25, -0.2) is 0 Å². The number of hydrogen-bond donors (Lipinski definition) is 0. The largest absolute Gasteiger partial charge is 0.495 e. The standard InChI is InChI=1S/C13H9F3N2O2/c1-20-10-4-8(5-17-7-10)12(19)11-3-2-9(6-18-11)13(14,15)16/h2-7H,1H3. The van der Waals surface area contributed by atoms with Crippen molar-refractivity contribution in [2.24, 2.45) is 0 Å². The average molecular weight is 282 g/mol. The fourth-order valence-corrected chi connectivity index (χ4v) is 1.50. The summed E-state index contributed by atoms with van der Waals surface area (Å²) in [5, 5.41) is 0. The number of carbonyl (C=O) groups is 1. The Bertz CT molecular complexity index is 624. The minimum absolute atomic E-state index is 0.0898. The Hall–Kier alpha value is -2.44. The Kier molecular flexibility index (Phi) is 3.69. The molecule has 0 aliphatic heterocycles. The lowest BCUT2D eigenvalue weighted by Crippen LogP contribution is -2.09. The van der Waals surface area contributed by atoms with Gasteiger partial charge in [-0.1, -0.05) is 0 Å². The van der Waals surface area contributed by atoms with Crippen molar-refractivity contribution in [3.63, 3.8) is 0 Å². The van der Waals surface area contributed by atoms with Crippen molar-refractivity contribution in [2.75, 3.05) is 7.11 Å². The molecule has 2 rings (SSSR count).